The van der Waals surface area contributed by atoms with Crippen LogP contribution in [0.4, 0.5) is 5.69 Å². The van der Waals surface area contributed by atoms with Crippen molar-refractivity contribution < 1.29 is 9.84 Å². The van der Waals surface area contributed by atoms with E-state index in [1.54, 1.807) is 18.3 Å². The zero-order chi connectivity index (χ0) is 13.2. The Morgan fingerprint density at radius 3 is 2.79 bits per heavy atom. The molecule has 19 heavy (non-hydrogen) atoms. The first-order valence-corrected chi connectivity index (χ1v) is 5.71. The van der Waals surface area contributed by atoms with E-state index in [1.165, 1.54) is 6.07 Å². The number of hydrogen-bond donors (Lipinski definition) is 2. The minimum absolute atomic E-state index is 0.0294. The predicted octanol–water partition coefficient (Wildman–Crippen LogP) is 2.71. The summed E-state index contributed by atoms with van der Waals surface area (Å²) in [5.41, 5.74) is 6.66. The number of aromatic hydroxyl groups is 1. The minimum atomic E-state index is -0.0294. The molecule has 0 unspecified atom stereocenters. The summed E-state index contributed by atoms with van der Waals surface area (Å²) >= 11 is 0. The molecule has 0 aliphatic rings. The van der Waals surface area contributed by atoms with E-state index < -0.39 is 0 Å². The Balaban J connectivity index is 1.99. The van der Waals surface area contributed by atoms with Gasteiger partial charge in [-0.1, -0.05) is 24.3 Å². The van der Waals surface area contributed by atoms with Crippen LogP contribution in [-0.2, 0) is 0 Å². The number of rotatable bonds is 2. The molecule has 0 fully saturated rings. The third-order valence-corrected chi connectivity index (χ3v) is 2.71. The number of anilines is 1. The van der Waals surface area contributed by atoms with Crippen molar-refractivity contribution >= 4 is 16.6 Å². The van der Waals surface area contributed by atoms with E-state index in [0.29, 0.717) is 5.75 Å². The lowest BCUT2D eigenvalue weighted by molar-refractivity contribution is 0.437. The molecule has 0 bridgehead atoms. The van der Waals surface area contributed by atoms with Crippen molar-refractivity contribution in [2.45, 2.75) is 0 Å². The third kappa shape index (κ3) is 2.13. The maximum atomic E-state index is 9.50. The van der Waals surface area contributed by atoms with Crippen molar-refractivity contribution in [1.29, 1.82) is 0 Å². The van der Waals surface area contributed by atoms with Gasteiger partial charge in [-0.3, -0.25) is 0 Å². The van der Waals surface area contributed by atoms with Crippen LogP contribution in [0.15, 0.2) is 48.7 Å². The molecule has 0 saturated carbocycles. The molecule has 3 rings (SSSR count). The van der Waals surface area contributed by atoms with Crippen molar-refractivity contribution in [1.82, 2.24) is 9.97 Å². The molecule has 5 nitrogen and oxygen atoms in total. The number of aromatic nitrogens is 2. The molecule has 3 aromatic rings. The Morgan fingerprint density at radius 1 is 1.05 bits per heavy atom. The Morgan fingerprint density at radius 2 is 1.89 bits per heavy atom. The number of phenolic OH excluding ortho intramolecular Hbond substituents is 1. The van der Waals surface area contributed by atoms with Gasteiger partial charge >= 0.3 is 6.01 Å². The van der Waals surface area contributed by atoms with Crippen LogP contribution < -0.4 is 10.5 Å². The largest absolute Gasteiger partial charge is 0.506 e. The number of hydrogen-bond acceptors (Lipinski definition) is 5. The first-order chi connectivity index (χ1) is 9.24. The molecular weight excluding hydrogens is 242 g/mol. The molecule has 3 N–H and O–H groups in total. The van der Waals surface area contributed by atoms with E-state index in [4.69, 9.17) is 10.5 Å². The van der Waals surface area contributed by atoms with Gasteiger partial charge in [0.2, 0.25) is 0 Å². The summed E-state index contributed by atoms with van der Waals surface area (Å²) in [4.78, 5) is 8.37. The van der Waals surface area contributed by atoms with Crippen LogP contribution in [0.1, 0.15) is 0 Å². The second kappa shape index (κ2) is 4.45. The number of nitrogens with two attached hydrogens (primary N) is 1. The number of nitrogens with zero attached hydrogens (tertiary/aromatic N) is 2. The fraction of sp³-hybridized carbons (Fsp3) is 0. The van der Waals surface area contributed by atoms with Gasteiger partial charge in [0.25, 0.3) is 0 Å². The highest BCUT2D eigenvalue weighted by atomic mass is 16.5. The number of ether oxygens (including phenoxy) is 1. The lowest BCUT2D eigenvalue weighted by Gasteiger charge is -2.08. The highest BCUT2D eigenvalue weighted by Crippen LogP contribution is 2.32. The van der Waals surface area contributed by atoms with Crippen molar-refractivity contribution in [2.75, 3.05) is 5.73 Å². The van der Waals surface area contributed by atoms with Gasteiger partial charge in [0.15, 0.2) is 5.75 Å². The first kappa shape index (κ1) is 11.3. The summed E-state index contributed by atoms with van der Waals surface area (Å²) in [7, 11) is 0. The summed E-state index contributed by atoms with van der Waals surface area (Å²) in [5, 5.41) is 10.4. The number of para-hydroxylation sites is 2. The number of fused-ring (bicyclic) bond motifs is 1. The lowest BCUT2D eigenvalue weighted by Crippen LogP contribution is -1.96. The van der Waals surface area contributed by atoms with Gasteiger partial charge in [-0.25, -0.2) is 4.98 Å². The average molecular weight is 253 g/mol. The molecule has 2 aromatic carbocycles. The quantitative estimate of drug-likeness (QED) is 0.542. The van der Waals surface area contributed by atoms with Gasteiger partial charge in [-0.05, 0) is 18.2 Å². The maximum absolute atomic E-state index is 9.50. The third-order valence-electron chi connectivity index (χ3n) is 2.71. The van der Waals surface area contributed by atoms with Crippen LogP contribution in [-0.4, -0.2) is 15.1 Å². The monoisotopic (exact) mass is 253 g/mol. The summed E-state index contributed by atoms with van der Waals surface area (Å²) in [6.45, 7) is 0. The molecule has 0 aliphatic heterocycles. The zero-order valence-corrected chi connectivity index (χ0v) is 9.95. The summed E-state index contributed by atoms with van der Waals surface area (Å²) in [6.07, 6.45) is 1.68. The van der Waals surface area contributed by atoms with Gasteiger partial charge < -0.3 is 15.6 Å². The van der Waals surface area contributed by atoms with Crippen LogP contribution in [0.25, 0.3) is 10.9 Å². The van der Waals surface area contributed by atoms with Gasteiger partial charge in [-0.15, -0.1) is 0 Å². The molecule has 0 atom stereocenters. The molecule has 0 aliphatic carbocycles. The highest BCUT2D eigenvalue weighted by Gasteiger charge is 2.08. The van der Waals surface area contributed by atoms with Crippen LogP contribution in [0, 0.1) is 0 Å². The lowest BCUT2D eigenvalue weighted by atomic mass is 10.2. The summed E-state index contributed by atoms with van der Waals surface area (Å²) in [6, 6.07) is 12.6. The fourth-order valence-electron chi connectivity index (χ4n) is 1.72. The fourth-order valence-corrected chi connectivity index (χ4v) is 1.72. The molecular formula is C14H11N3O2. The van der Waals surface area contributed by atoms with Crippen LogP contribution in [0.3, 0.4) is 0 Å². The summed E-state index contributed by atoms with van der Waals surface area (Å²) < 4.78 is 5.49. The van der Waals surface area contributed by atoms with Crippen LogP contribution in [0.2, 0.25) is 0 Å². The Bertz CT molecular complexity index is 744. The Kier molecular flexibility index (Phi) is 2.64. The molecule has 0 amide bonds. The van der Waals surface area contributed by atoms with E-state index >= 15 is 0 Å². The molecule has 0 radical (unpaired) electrons. The predicted molar refractivity (Wildman–Crippen MR) is 72.1 cm³/mol. The normalized spacial score (nSPS) is 10.5. The van der Waals surface area contributed by atoms with E-state index in [1.807, 2.05) is 24.3 Å². The van der Waals surface area contributed by atoms with Gasteiger partial charge in [0.05, 0.1) is 5.52 Å². The highest BCUT2D eigenvalue weighted by molar-refractivity contribution is 5.77. The number of nitrogen functional groups attached to an aromatic ring is 1. The van der Waals surface area contributed by atoms with Crippen molar-refractivity contribution in [2.24, 2.45) is 0 Å². The molecule has 0 spiro atoms. The van der Waals surface area contributed by atoms with Gasteiger partial charge in [-0.2, -0.15) is 4.98 Å². The first-order valence-electron chi connectivity index (χ1n) is 5.71. The van der Waals surface area contributed by atoms with Crippen molar-refractivity contribution in [3.05, 3.63) is 48.7 Å². The zero-order valence-electron chi connectivity index (χ0n) is 9.95. The minimum Gasteiger partial charge on any atom is -0.506 e. The van der Waals surface area contributed by atoms with Crippen molar-refractivity contribution in [3.63, 3.8) is 0 Å². The molecule has 5 heteroatoms. The van der Waals surface area contributed by atoms with Gasteiger partial charge in [0, 0.05) is 11.6 Å². The molecule has 1 aromatic heterocycles. The van der Waals surface area contributed by atoms with E-state index in [2.05, 4.69) is 9.97 Å². The second-order valence-electron chi connectivity index (χ2n) is 4.00. The number of benzene rings is 2. The summed E-state index contributed by atoms with van der Waals surface area (Å²) in [5.74, 6) is 0.300. The Hall–Kier alpha value is -2.82. The van der Waals surface area contributed by atoms with Gasteiger partial charge in [0.1, 0.15) is 11.4 Å². The second-order valence-corrected chi connectivity index (χ2v) is 4.00. The topological polar surface area (TPSA) is 81.3 Å². The smallest absolute Gasteiger partial charge is 0.322 e. The Labute approximate surface area is 109 Å². The molecule has 94 valence electrons. The average Bonchev–Trinajstić information content (AvgIpc) is 2.44. The molecule has 0 saturated heterocycles. The molecule has 1 heterocycles. The maximum Gasteiger partial charge on any atom is 0.322 e. The SMILES string of the molecule is Nc1c(O)cccc1Oc1ncc2ccccc2n1. The van der Waals surface area contributed by atoms with E-state index in [0.717, 1.165) is 10.9 Å². The van der Waals surface area contributed by atoms with Crippen molar-refractivity contribution in [3.8, 4) is 17.5 Å². The van der Waals surface area contributed by atoms with E-state index in [-0.39, 0.29) is 17.4 Å². The van der Waals surface area contributed by atoms with E-state index in [9.17, 15) is 5.11 Å². The van der Waals surface area contributed by atoms with Crippen LogP contribution in [0.5, 0.6) is 17.5 Å². The van der Waals surface area contributed by atoms with Crippen LogP contribution >= 0.6 is 0 Å². The standard InChI is InChI=1S/C14H11N3O2/c15-13-11(18)6-3-7-12(13)19-14-16-8-9-4-1-2-5-10(9)17-14/h1-8,18H,15H2. The number of phenols is 1.